The lowest BCUT2D eigenvalue weighted by molar-refractivity contribution is -0.384. The van der Waals surface area contributed by atoms with Gasteiger partial charge < -0.3 is 4.74 Å². The average molecular weight is 397 g/mol. The second-order valence-electron chi connectivity index (χ2n) is 6.69. The molecule has 29 heavy (non-hydrogen) atoms. The molecular weight excluding hydrogens is 370 g/mol. The molecule has 0 saturated heterocycles. The summed E-state index contributed by atoms with van der Waals surface area (Å²) in [6, 6.07) is 12.8. The van der Waals surface area contributed by atoms with Gasteiger partial charge in [0, 0.05) is 17.7 Å². The van der Waals surface area contributed by atoms with E-state index in [0.29, 0.717) is 12.2 Å². The van der Waals surface area contributed by atoms with E-state index >= 15 is 0 Å². The van der Waals surface area contributed by atoms with Crippen molar-refractivity contribution in [1.82, 2.24) is 5.43 Å². The first kappa shape index (κ1) is 22.1. The maximum absolute atomic E-state index is 12.0. The lowest BCUT2D eigenvalue weighted by atomic mass is 10.1. The number of nitrogens with zero attached hydrogens (tertiary/aromatic N) is 2. The minimum atomic E-state index is -0.513. The highest BCUT2D eigenvalue weighted by atomic mass is 16.6. The van der Waals surface area contributed by atoms with Crippen LogP contribution >= 0.6 is 0 Å². The number of nitro benzene ring substituents is 1. The van der Waals surface area contributed by atoms with Crippen LogP contribution in [0, 0.1) is 10.1 Å². The molecule has 7 heteroatoms. The minimum absolute atomic E-state index is 0.0659. The van der Waals surface area contributed by atoms with E-state index in [1.807, 2.05) is 24.3 Å². The van der Waals surface area contributed by atoms with Crippen molar-refractivity contribution in [2.75, 3.05) is 6.61 Å². The van der Waals surface area contributed by atoms with E-state index in [2.05, 4.69) is 17.5 Å². The molecular formula is C22H27N3O4. The fourth-order valence-corrected chi connectivity index (χ4v) is 2.69. The summed E-state index contributed by atoms with van der Waals surface area (Å²) in [5, 5.41) is 14.5. The van der Waals surface area contributed by atoms with Gasteiger partial charge in [0.1, 0.15) is 5.75 Å². The minimum Gasteiger partial charge on any atom is -0.494 e. The molecule has 154 valence electrons. The zero-order chi connectivity index (χ0) is 20.9. The van der Waals surface area contributed by atoms with Crippen molar-refractivity contribution in [3.63, 3.8) is 0 Å². The van der Waals surface area contributed by atoms with Gasteiger partial charge in [-0.3, -0.25) is 14.9 Å². The van der Waals surface area contributed by atoms with Gasteiger partial charge in [-0.2, -0.15) is 5.10 Å². The SMILES string of the molecule is CCCCCCCCOc1ccc(/C=N/NC(=O)c2ccc([N+](=O)[O-])cc2)cc1. The van der Waals surface area contributed by atoms with Crippen LogP contribution in [0.4, 0.5) is 5.69 Å². The van der Waals surface area contributed by atoms with Gasteiger partial charge in [-0.1, -0.05) is 39.0 Å². The third kappa shape index (κ3) is 8.13. The molecule has 2 aromatic rings. The molecule has 0 atom stereocenters. The Hall–Kier alpha value is -3.22. The number of rotatable bonds is 12. The number of non-ortho nitro benzene ring substituents is 1. The zero-order valence-electron chi connectivity index (χ0n) is 16.7. The molecule has 0 bridgehead atoms. The fraction of sp³-hybridized carbons (Fsp3) is 0.364. The summed E-state index contributed by atoms with van der Waals surface area (Å²) >= 11 is 0. The summed E-state index contributed by atoms with van der Waals surface area (Å²) in [4.78, 5) is 22.1. The number of nitrogens with one attached hydrogen (secondary N) is 1. The lowest BCUT2D eigenvalue weighted by Gasteiger charge is -2.06. The highest BCUT2D eigenvalue weighted by Gasteiger charge is 2.08. The Balaban J connectivity index is 1.72. The Kier molecular flexibility index (Phi) is 9.35. The molecule has 2 rings (SSSR count). The molecule has 1 N–H and O–H groups in total. The van der Waals surface area contributed by atoms with Crippen LogP contribution in [0.3, 0.4) is 0 Å². The van der Waals surface area contributed by atoms with E-state index in [1.54, 1.807) is 0 Å². The molecule has 0 aromatic heterocycles. The number of carbonyl (C=O) groups is 1. The molecule has 7 nitrogen and oxygen atoms in total. The van der Waals surface area contributed by atoms with Gasteiger partial charge in [-0.15, -0.1) is 0 Å². The molecule has 0 spiro atoms. The second kappa shape index (κ2) is 12.3. The van der Waals surface area contributed by atoms with E-state index in [-0.39, 0.29) is 5.69 Å². The van der Waals surface area contributed by atoms with Crippen molar-refractivity contribution in [3.8, 4) is 5.75 Å². The average Bonchev–Trinajstić information content (AvgIpc) is 2.74. The highest BCUT2D eigenvalue weighted by molar-refractivity contribution is 5.95. The number of hydrogen-bond acceptors (Lipinski definition) is 5. The first-order chi connectivity index (χ1) is 14.1. The van der Waals surface area contributed by atoms with E-state index in [0.717, 1.165) is 17.7 Å². The molecule has 0 saturated carbocycles. The van der Waals surface area contributed by atoms with Crippen molar-refractivity contribution < 1.29 is 14.5 Å². The van der Waals surface area contributed by atoms with Crippen molar-refractivity contribution in [3.05, 3.63) is 69.8 Å². The van der Waals surface area contributed by atoms with Crippen LogP contribution in [0.2, 0.25) is 0 Å². The van der Waals surface area contributed by atoms with Crippen molar-refractivity contribution in [2.45, 2.75) is 45.4 Å². The van der Waals surface area contributed by atoms with Gasteiger partial charge in [0.2, 0.25) is 0 Å². The van der Waals surface area contributed by atoms with Crippen LogP contribution in [0.5, 0.6) is 5.75 Å². The Morgan fingerprint density at radius 3 is 2.34 bits per heavy atom. The van der Waals surface area contributed by atoms with Crippen LogP contribution in [0.25, 0.3) is 0 Å². The lowest BCUT2D eigenvalue weighted by Crippen LogP contribution is -2.17. The summed E-state index contributed by atoms with van der Waals surface area (Å²) in [5.74, 6) is 0.376. The normalized spacial score (nSPS) is 10.8. The smallest absolute Gasteiger partial charge is 0.271 e. The van der Waals surface area contributed by atoms with Crippen molar-refractivity contribution >= 4 is 17.8 Å². The maximum Gasteiger partial charge on any atom is 0.271 e. The number of carbonyl (C=O) groups excluding carboxylic acids is 1. The van der Waals surface area contributed by atoms with E-state index < -0.39 is 10.8 Å². The van der Waals surface area contributed by atoms with Crippen LogP contribution in [0.15, 0.2) is 53.6 Å². The first-order valence-corrected chi connectivity index (χ1v) is 9.91. The summed E-state index contributed by atoms with van der Waals surface area (Å²) in [6.45, 7) is 2.93. The molecule has 0 fully saturated rings. The maximum atomic E-state index is 12.0. The topological polar surface area (TPSA) is 93.8 Å². The van der Waals surface area contributed by atoms with Crippen molar-refractivity contribution in [1.29, 1.82) is 0 Å². The zero-order valence-corrected chi connectivity index (χ0v) is 16.7. The molecule has 0 aliphatic heterocycles. The van der Waals surface area contributed by atoms with Gasteiger partial charge in [0.15, 0.2) is 0 Å². The Morgan fingerprint density at radius 1 is 1.03 bits per heavy atom. The summed E-state index contributed by atoms with van der Waals surface area (Å²) in [6.07, 6.45) is 8.90. The highest BCUT2D eigenvalue weighted by Crippen LogP contribution is 2.13. The number of nitro groups is 1. The van der Waals surface area contributed by atoms with Crippen molar-refractivity contribution in [2.24, 2.45) is 5.10 Å². The number of amides is 1. The summed E-state index contributed by atoms with van der Waals surface area (Å²) in [5.41, 5.74) is 3.45. The van der Waals surface area contributed by atoms with Crippen LogP contribution in [-0.4, -0.2) is 23.7 Å². The van der Waals surface area contributed by atoms with Crippen LogP contribution in [-0.2, 0) is 0 Å². The summed E-state index contributed by atoms with van der Waals surface area (Å²) in [7, 11) is 0. The third-order valence-electron chi connectivity index (χ3n) is 4.37. The van der Waals surface area contributed by atoms with Gasteiger partial charge >= 0.3 is 0 Å². The Bertz CT molecular complexity index is 802. The van der Waals surface area contributed by atoms with Crippen LogP contribution in [0.1, 0.15) is 61.4 Å². The number of ether oxygens (including phenoxy) is 1. The Labute approximate surface area is 170 Å². The van der Waals surface area contributed by atoms with E-state index in [9.17, 15) is 14.9 Å². The van der Waals surface area contributed by atoms with E-state index in [4.69, 9.17) is 4.74 Å². The molecule has 0 unspecified atom stereocenters. The molecule has 0 aliphatic rings. The van der Waals surface area contributed by atoms with E-state index in [1.165, 1.54) is 62.6 Å². The number of hydrogen-bond donors (Lipinski definition) is 1. The molecule has 1 amide bonds. The van der Waals surface area contributed by atoms with Gasteiger partial charge in [0.05, 0.1) is 17.7 Å². The molecule has 0 radical (unpaired) electrons. The molecule has 0 heterocycles. The predicted octanol–water partition coefficient (Wildman–Crippen LogP) is 5.10. The van der Waals surface area contributed by atoms with Crippen LogP contribution < -0.4 is 10.2 Å². The first-order valence-electron chi connectivity index (χ1n) is 9.91. The van der Waals surface area contributed by atoms with Gasteiger partial charge in [-0.05, 0) is 48.4 Å². The second-order valence-corrected chi connectivity index (χ2v) is 6.69. The molecule has 0 aliphatic carbocycles. The number of hydrazone groups is 1. The van der Waals surface area contributed by atoms with Gasteiger partial charge in [-0.25, -0.2) is 5.43 Å². The summed E-state index contributed by atoms with van der Waals surface area (Å²) < 4.78 is 5.73. The Morgan fingerprint density at radius 2 is 1.69 bits per heavy atom. The quantitative estimate of drug-likeness (QED) is 0.233. The monoisotopic (exact) mass is 397 g/mol. The predicted molar refractivity (Wildman–Crippen MR) is 113 cm³/mol. The number of benzene rings is 2. The standard InChI is InChI=1S/C22H27N3O4/c1-2-3-4-5-6-7-16-29-21-14-8-18(9-15-21)17-23-24-22(26)19-10-12-20(13-11-19)25(27)28/h8-15,17H,2-7,16H2,1H3,(H,24,26)/b23-17+. The van der Waals surface area contributed by atoms with Gasteiger partial charge in [0.25, 0.3) is 11.6 Å². The molecule has 2 aromatic carbocycles. The number of unbranched alkanes of at least 4 members (excludes halogenated alkanes) is 5. The largest absolute Gasteiger partial charge is 0.494 e. The fourth-order valence-electron chi connectivity index (χ4n) is 2.69. The third-order valence-corrected chi connectivity index (χ3v) is 4.37.